The summed E-state index contributed by atoms with van der Waals surface area (Å²) in [6.45, 7) is 3.94. The molecular weight excluding hydrogens is 424 g/mol. The number of hydrogen-bond acceptors (Lipinski definition) is 7. The molecule has 0 spiro atoms. The molecule has 0 aliphatic carbocycles. The van der Waals surface area contributed by atoms with Crippen LogP contribution in [0.15, 0.2) is 35.0 Å². The van der Waals surface area contributed by atoms with Crippen molar-refractivity contribution in [3.8, 4) is 0 Å². The number of carbonyl (C=O) groups excluding carboxylic acids is 2. The molecule has 150 valence electrons. The lowest BCUT2D eigenvalue weighted by atomic mass is 10.1. The van der Waals surface area contributed by atoms with Crippen LogP contribution in [-0.2, 0) is 9.47 Å². The summed E-state index contributed by atoms with van der Waals surface area (Å²) in [5, 5.41) is 3.97. The molecule has 3 rings (SSSR count). The van der Waals surface area contributed by atoms with E-state index < -0.39 is 11.9 Å². The maximum atomic E-state index is 12.7. The highest BCUT2D eigenvalue weighted by Crippen LogP contribution is 2.34. The van der Waals surface area contributed by atoms with E-state index in [2.05, 4.69) is 0 Å². The highest BCUT2D eigenvalue weighted by molar-refractivity contribution is 7.15. The van der Waals surface area contributed by atoms with Crippen molar-refractivity contribution >= 4 is 70.3 Å². The smallest absolute Gasteiger partial charge is 0.340 e. The van der Waals surface area contributed by atoms with Gasteiger partial charge in [-0.05, 0) is 61.0 Å². The lowest BCUT2D eigenvalue weighted by molar-refractivity contribution is 0.0480. The maximum Gasteiger partial charge on any atom is 0.340 e. The highest BCUT2D eigenvalue weighted by Gasteiger charge is 2.28. The van der Waals surface area contributed by atoms with Crippen LogP contribution in [0.4, 0.5) is 0 Å². The summed E-state index contributed by atoms with van der Waals surface area (Å²) in [7, 11) is 0. The zero-order valence-electron chi connectivity index (χ0n) is 16.0. The summed E-state index contributed by atoms with van der Waals surface area (Å²) < 4.78 is 10.5. The summed E-state index contributed by atoms with van der Waals surface area (Å²) in [6.07, 6.45) is 7.57. The van der Waals surface area contributed by atoms with Crippen LogP contribution in [0, 0.1) is 0 Å². The zero-order valence-corrected chi connectivity index (χ0v) is 18.5. The summed E-state index contributed by atoms with van der Waals surface area (Å²) in [6, 6.07) is 7.90. The van der Waals surface area contributed by atoms with Crippen LogP contribution in [-0.4, -0.2) is 25.2 Å². The molecule has 0 saturated heterocycles. The van der Waals surface area contributed by atoms with E-state index in [0.29, 0.717) is 9.75 Å². The van der Waals surface area contributed by atoms with Crippen molar-refractivity contribution in [3.05, 3.63) is 65.7 Å². The fourth-order valence-electron chi connectivity index (χ4n) is 2.60. The van der Waals surface area contributed by atoms with Crippen molar-refractivity contribution in [2.75, 3.05) is 13.2 Å². The van der Waals surface area contributed by atoms with Gasteiger partial charge in [-0.2, -0.15) is 0 Å². The van der Waals surface area contributed by atoms with Crippen molar-refractivity contribution in [3.63, 3.8) is 0 Å². The molecule has 7 heteroatoms. The third-order valence-corrected chi connectivity index (χ3v) is 6.60. The van der Waals surface area contributed by atoms with Crippen molar-refractivity contribution in [2.45, 2.75) is 13.8 Å². The molecule has 0 bridgehead atoms. The predicted octanol–water partition coefficient (Wildman–Crippen LogP) is 6.57. The van der Waals surface area contributed by atoms with Crippen LogP contribution < -0.4 is 0 Å². The predicted molar refractivity (Wildman–Crippen MR) is 123 cm³/mol. The SMILES string of the molecule is CCOC(=O)c1c(/C=C/c2cccs2)sc(/C=C/c2cccs2)c1C(=O)OCC. The minimum atomic E-state index is -0.520. The van der Waals surface area contributed by atoms with Gasteiger partial charge in [0.25, 0.3) is 0 Å². The van der Waals surface area contributed by atoms with Crippen molar-refractivity contribution in [2.24, 2.45) is 0 Å². The van der Waals surface area contributed by atoms with E-state index in [0.717, 1.165) is 9.75 Å². The Balaban J connectivity index is 2.11. The van der Waals surface area contributed by atoms with Crippen molar-refractivity contribution in [1.29, 1.82) is 0 Å². The number of rotatable bonds is 8. The lowest BCUT2D eigenvalue weighted by Gasteiger charge is -2.06. The lowest BCUT2D eigenvalue weighted by Crippen LogP contribution is -2.14. The van der Waals surface area contributed by atoms with Crippen molar-refractivity contribution < 1.29 is 19.1 Å². The molecule has 0 aliphatic heterocycles. The number of hydrogen-bond donors (Lipinski definition) is 0. The van der Waals surface area contributed by atoms with E-state index >= 15 is 0 Å². The largest absolute Gasteiger partial charge is 0.462 e. The first-order chi connectivity index (χ1) is 14.1. The van der Waals surface area contributed by atoms with Crippen LogP contribution in [0.2, 0.25) is 0 Å². The molecule has 0 N–H and O–H groups in total. The van der Waals surface area contributed by atoms with E-state index in [1.807, 2.05) is 59.3 Å². The molecule has 3 aromatic rings. The van der Waals surface area contributed by atoms with Crippen LogP contribution in [0.5, 0.6) is 0 Å². The topological polar surface area (TPSA) is 52.6 Å². The number of ether oxygens (including phenoxy) is 2. The quantitative estimate of drug-likeness (QED) is 0.369. The van der Waals surface area contributed by atoms with Gasteiger partial charge in [-0.1, -0.05) is 12.1 Å². The molecule has 0 fully saturated rings. The highest BCUT2D eigenvalue weighted by atomic mass is 32.1. The average Bonchev–Trinajstić information content (AvgIpc) is 3.45. The fraction of sp³-hybridized carbons (Fsp3) is 0.182. The Morgan fingerprint density at radius 1 is 0.793 bits per heavy atom. The molecule has 0 atom stereocenters. The Labute approximate surface area is 181 Å². The average molecular weight is 445 g/mol. The summed E-state index contributed by atoms with van der Waals surface area (Å²) >= 11 is 4.57. The van der Waals surface area contributed by atoms with E-state index in [-0.39, 0.29) is 24.3 Å². The van der Waals surface area contributed by atoms with Crippen molar-refractivity contribution in [1.82, 2.24) is 0 Å². The molecule has 4 nitrogen and oxygen atoms in total. The first-order valence-electron chi connectivity index (χ1n) is 9.08. The Morgan fingerprint density at radius 2 is 1.24 bits per heavy atom. The van der Waals surface area contributed by atoms with E-state index in [9.17, 15) is 9.59 Å². The molecule has 0 aliphatic rings. The standard InChI is InChI=1S/C22H20O4S3/c1-3-25-21(23)19-17(11-9-15-7-5-13-27-15)29-18(20(19)22(24)26-4-2)12-10-16-8-6-14-28-16/h5-14H,3-4H2,1-2H3/b11-9+,12-10+. The molecule has 29 heavy (non-hydrogen) atoms. The fourth-order valence-corrected chi connectivity index (χ4v) is 4.92. The van der Waals surface area contributed by atoms with Gasteiger partial charge >= 0.3 is 11.9 Å². The molecule has 0 unspecified atom stereocenters. The Hall–Kier alpha value is -2.48. The van der Waals surface area contributed by atoms with Gasteiger partial charge in [-0.3, -0.25) is 0 Å². The zero-order chi connectivity index (χ0) is 20.6. The molecule has 0 saturated carbocycles. The first-order valence-corrected chi connectivity index (χ1v) is 11.7. The third kappa shape index (κ3) is 5.32. The van der Waals surface area contributed by atoms with Gasteiger partial charge in [0, 0.05) is 19.5 Å². The first kappa shape index (κ1) is 21.2. The summed E-state index contributed by atoms with van der Waals surface area (Å²) in [4.78, 5) is 28.9. The van der Waals surface area contributed by atoms with Crippen LogP contribution >= 0.6 is 34.0 Å². The van der Waals surface area contributed by atoms with Crippen LogP contribution in [0.3, 0.4) is 0 Å². The van der Waals surface area contributed by atoms with Gasteiger partial charge in [0.1, 0.15) is 0 Å². The second-order valence-corrected chi connectivity index (χ2v) is 8.76. The van der Waals surface area contributed by atoms with E-state index in [1.165, 1.54) is 11.3 Å². The monoisotopic (exact) mass is 444 g/mol. The van der Waals surface area contributed by atoms with Crippen LogP contribution in [0.1, 0.15) is 54.1 Å². The minimum absolute atomic E-state index is 0.228. The Morgan fingerprint density at radius 3 is 1.59 bits per heavy atom. The molecule has 3 aromatic heterocycles. The number of esters is 2. The van der Waals surface area contributed by atoms with E-state index in [1.54, 1.807) is 36.5 Å². The molecule has 0 amide bonds. The molecule has 3 heterocycles. The minimum Gasteiger partial charge on any atom is -0.462 e. The van der Waals surface area contributed by atoms with Gasteiger partial charge in [-0.25, -0.2) is 9.59 Å². The normalized spacial score (nSPS) is 11.4. The van der Waals surface area contributed by atoms with Crippen LogP contribution in [0.25, 0.3) is 24.3 Å². The van der Waals surface area contributed by atoms with Gasteiger partial charge in [0.05, 0.1) is 24.3 Å². The molecular formula is C22H20O4S3. The number of carbonyl (C=O) groups is 2. The molecule has 0 radical (unpaired) electrons. The summed E-state index contributed by atoms with van der Waals surface area (Å²) in [5.41, 5.74) is 0.517. The third-order valence-electron chi connectivity index (χ3n) is 3.81. The Kier molecular flexibility index (Phi) is 7.57. The van der Waals surface area contributed by atoms with Gasteiger partial charge in [0.15, 0.2) is 0 Å². The molecule has 0 aromatic carbocycles. The Bertz CT molecular complexity index is 928. The van der Waals surface area contributed by atoms with Gasteiger partial charge < -0.3 is 9.47 Å². The number of thiophene rings is 3. The van der Waals surface area contributed by atoms with E-state index in [4.69, 9.17) is 9.47 Å². The maximum absolute atomic E-state index is 12.7. The summed E-state index contributed by atoms with van der Waals surface area (Å²) in [5.74, 6) is -1.04. The van der Waals surface area contributed by atoms with Gasteiger partial charge in [-0.15, -0.1) is 34.0 Å². The second kappa shape index (κ2) is 10.3. The van der Waals surface area contributed by atoms with Gasteiger partial charge in [0.2, 0.25) is 0 Å². The second-order valence-electron chi connectivity index (χ2n) is 5.72.